The first-order valence-electron chi connectivity index (χ1n) is 6.62. The van der Waals surface area contributed by atoms with E-state index < -0.39 is 0 Å². The van der Waals surface area contributed by atoms with Crippen LogP contribution in [0.1, 0.15) is 23.5 Å². The van der Waals surface area contributed by atoms with Crippen molar-refractivity contribution in [2.24, 2.45) is 0 Å². The first-order chi connectivity index (χ1) is 9.16. The minimum absolute atomic E-state index is 0.431. The van der Waals surface area contributed by atoms with Crippen LogP contribution in [0.2, 0.25) is 5.02 Å². The lowest BCUT2D eigenvalue weighted by Crippen LogP contribution is -2.16. The van der Waals surface area contributed by atoms with Crippen LogP contribution >= 0.6 is 11.6 Å². The Morgan fingerprint density at radius 2 is 1.47 bits per heavy atom. The third-order valence-electron chi connectivity index (χ3n) is 3.34. The van der Waals surface area contributed by atoms with Crippen LogP contribution in [0.5, 0.6) is 0 Å². The topological polar surface area (TPSA) is 3.24 Å². The fraction of sp³-hybridized carbons (Fsp3) is 0.294. The molecule has 1 unspecified atom stereocenters. The second-order valence-electron chi connectivity index (χ2n) is 5.11. The molecule has 19 heavy (non-hydrogen) atoms. The molecule has 0 heterocycles. The molecule has 2 heteroatoms. The summed E-state index contributed by atoms with van der Waals surface area (Å²) in [5.74, 6) is 0.431. The highest BCUT2D eigenvalue weighted by atomic mass is 35.5. The van der Waals surface area contributed by atoms with Gasteiger partial charge in [0.25, 0.3) is 0 Å². The van der Waals surface area contributed by atoms with E-state index >= 15 is 0 Å². The Labute approximate surface area is 120 Å². The molecule has 0 radical (unpaired) electrons. The molecule has 2 aromatic carbocycles. The SMILES string of the molecule is CN(C)CCC(c1ccccc1)c1ccc(Cl)cc1. The van der Waals surface area contributed by atoms with Gasteiger partial charge >= 0.3 is 0 Å². The first-order valence-corrected chi connectivity index (χ1v) is 7.00. The Kier molecular flexibility index (Phi) is 5.00. The molecule has 2 rings (SSSR count). The third kappa shape index (κ3) is 4.09. The van der Waals surface area contributed by atoms with Gasteiger partial charge in [0.05, 0.1) is 0 Å². The molecule has 0 fully saturated rings. The van der Waals surface area contributed by atoms with Crippen molar-refractivity contribution in [3.05, 3.63) is 70.7 Å². The maximum atomic E-state index is 5.98. The second-order valence-corrected chi connectivity index (χ2v) is 5.54. The molecule has 0 aliphatic carbocycles. The summed E-state index contributed by atoms with van der Waals surface area (Å²) in [4.78, 5) is 2.23. The van der Waals surface area contributed by atoms with Crippen molar-refractivity contribution < 1.29 is 0 Å². The Morgan fingerprint density at radius 3 is 2.05 bits per heavy atom. The zero-order valence-electron chi connectivity index (χ0n) is 11.5. The molecule has 1 nitrogen and oxygen atoms in total. The number of benzene rings is 2. The number of hydrogen-bond donors (Lipinski definition) is 0. The van der Waals surface area contributed by atoms with Crippen molar-refractivity contribution in [2.45, 2.75) is 12.3 Å². The predicted octanol–water partition coefficient (Wildman–Crippen LogP) is 4.42. The fourth-order valence-electron chi connectivity index (χ4n) is 2.29. The van der Waals surface area contributed by atoms with Gasteiger partial charge in [-0.2, -0.15) is 0 Å². The third-order valence-corrected chi connectivity index (χ3v) is 3.59. The molecule has 2 aromatic rings. The molecule has 0 amide bonds. The molecule has 100 valence electrons. The van der Waals surface area contributed by atoms with Gasteiger partial charge in [-0.1, -0.05) is 54.1 Å². The predicted molar refractivity (Wildman–Crippen MR) is 82.9 cm³/mol. The van der Waals surface area contributed by atoms with E-state index in [4.69, 9.17) is 11.6 Å². The van der Waals surface area contributed by atoms with Crippen molar-refractivity contribution in [1.82, 2.24) is 4.90 Å². The minimum Gasteiger partial charge on any atom is -0.309 e. The second kappa shape index (κ2) is 6.74. The van der Waals surface area contributed by atoms with Crippen LogP contribution in [0.25, 0.3) is 0 Å². The van der Waals surface area contributed by atoms with Gasteiger partial charge in [0.2, 0.25) is 0 Å². The Bertz CT molecular complexity index is 490. The summed E-state index contributed by atoms with van der Waals surface area (Å²) in [6, 6.07) is 18.9. The van der Waals surface area contributed by atoms with Crippen LogP contribution < -0.4 is 0 Å². The lowest BCUT2D eigenvalue weighted by molar-refractivity contribution is 0.390. The highest BCUT2D eigenvalue weighted by Crippen LogP contribution is 2.28. The van der Waals surface area contributed by atoms with Crippen LogP contribution in [-0.4, -0.2) is 25.5 Å². The van der Waals surface area contributed by atoms with Gasteiger partial charge in [0.15, 0.2) is 0 Å². The van der Waals surface area contributed by atoms with E-state index in [1.807, 2.05) is 12.1 Å². The minimum atomic E-state index is 0.431. The van der Waals surface area contributed by atoms with Crippen LogP contribution in [0.4, 0.5) is 0 Å². The van der Waals surface area contributed by atoms with E-state index in [9.17, 15) is 0 Å². The van der Waals surface area contributed by atoms with Crippen molar-refractivity contribution in [1.29, 1.82) is 0 Å². The zero-order chi connectivity index (χ0) is 13.7. The number of halogens is 1. The van der Waals surface area contributed by atoms with E-state index in [2.05, 4.69) is 61.5 Å². The summed E-state index contributed by atoms with van der Waals surface area (Å²) in [7, 11) is 4.23. The smallest absolute Gasteiger partial charge is 0.0406 e. The number of hydrogen-bond acceptors (Lipinski definition) is 1. The van der Waals surface area contributed by atoms with Crippen molar-refractivity contribution >= 4 is 11.6 Å². The summed E-state index contributed by atoms with van der Waals surface area (Å²) in [6.45, 7) is 1.07. The summed E-state index contributed by atoms with van der Waals surface area (Å²) in [5, 5.41) is 0.795. The molecule has 0 aliphatic rings. The standard InChI is InChI=1S/C17H20ClN/c1-19(2)13-12-17(14-6-4-3-5-7-14)15-8-10-16(18)11-9-15/h3-11,17H,12-13H2,1-2H3. The Morgan fingerprint density at radius 1 is 0.895 bits per heavy atom. The van der Waals surface area contributed by atoms with Crippen molar-refractivity contribution in [3.8, 4) is 0 Å². The Hall–Kier alpha value is -1.31. The van der Waals surface area contributed by atoms with Gasteiger partial charge in [-0.25, -0.2) is 0 Å². The Balaban J connectivity index is 2.26. The zero-order valence-corrected chi connectivity index (χ0v) is 12.3. The van der Waals surface area contributed by atoms with Crippen molar-refractivity contribution in [2.75, 3.05) is 20.6 Å². The van der Waals surface area contributed by atoms with Crippen LogP contribution in [0.15, 0.2) is 54.6 Å². The number of rotatable bonds is 5. The van der Waals surface area contributed by atoms with Crippen LogP contribution in [0.3, 0.4) is 0 Å². The van der Waals surface area contributed by atoms with E-state index in [-0.39, 0.29) is 0 Å². The molecular formula is C17H20ClN. The summed E-state index contributed by atoms with van der Waals surface area (Å²) < 4.78 is 0. The monoisotopic (exact) mass is 273 g/mol. The molecule has 0 N–H and O–H groups in total. The lowest BCUT2D eigenvalue weighted by Gasteiger charge is -2.20. The highest BCUT2D eigenvalue weighted by Gasteiger charge is 2.14. The maximum absolute atomic E-state index is 5.98. The first kappa shape index (κ1) is 14.1. The van der Waals surface area contributed by atoms with Crippen LogP contribution in [0, 0.1) is 0 Å². The van der Waals surface area contributed by atoms with Gasteiger partial charge in [-0.3, -0.25) is 0 Å². The summed E-state index contributed by atoms with van der Waals surface area (Å²) in [5.41, 5.74) is 2.70. The maximum Gasteiger partial charge on any atom is 0.0406 e. The lowest BCUT2D eigenvalue weighted by atomic mass is 9.88. The highest BCUT2D eigenvalue weighted by molar-refractivity contribution is 6.30. The molecule has 0 aromatic heterocycles. The van der Waals surface area contributed by atoms with Crippen molar-refractivity contribution in [3.63, 3.8) is 0 Å². The summed E-state index contributed by atoms with van der Waals surface area (Å²) in [6.07, 6.45) is 1.11. The average Bonchev–Trinajstić information content (AvgIpc) is 2.42. The molecular weight excluding hydrogens is 254 g/mol. The quantitative estimate of drug-likeness (QED) is 0.779. The molecule has 1 atom stereocenters. The van der Waals surface area contributed by atoms with Gasteiger partial charge in [-0.05, 0) is 50.3 Å². The van der Waals surface area contributed by atoms with Gasteiger partial charge in [-0.15, -0.1) is 0 Å². The van der Waals surface area contributed by atoms with E-state index in [0.717, 1.165) is 18.0 Å². The van der Waals surface area contributed by atoms with Gasteiger partial charge in [0.1, 0.15) is 0 Å². The summed E-state index contributed by atoms with van der Waals surface area (Å²) >= 11 is 5.98. The molecule has 0 spiro atoms. The van der Waals surface area contributed by atoms with Gasteiger partial charge in [0, 0.05) is 10.9 Å². The largest absolute Gasteiger partial charge is 0.309 e. The molecule has 0 aliphatic heterocycles. The normalized spacial score (nSPS) is 12.6. The fourth-order valence-corrected chi connectivity index (χ4v) is 2.42. The molecule has 0 saturated carbocycles. The van der Waals surface area contributed by atoms with E-state index in [1.54, 1.807) is 0 Å². The van der Waals surface area contributed by atoms with E-state index in [1.165, 1.54) is 11.1 Å². The molecule has 0 saturated heterocycles. The average molecular weight is 274 g/mol. The van der Waals surface area contributed by atoms with Crippen LogP contribution in [-0.2, 0) is 0 Å². The number of nitrogens with zero attached hydrogens (tertiary/aromatic N) is 1. The van der Waals surface area contributed by atoms with Gasteiger partial charge < -0.3 is 4.90 Å². The molecule has 0 bridgehead atoms. The van der Waals surface area contributed by atoms with E-state index in [0.29, 0.717) is 5.92 Å².